The van der Waals surface area contributed by atoms with Crippen LogP contribution in [-0.2, 0) is 0 Å². The summed E-state index contributed by atoms with van der Waals surface area (Å²) in [4.78, 5) is 5.35. The number of nitrogens with zero attached hydrogens (tertiary/aromatic N) is 2. The van der Waals surface area contributed by atoms with E-state index in [4.69, 9.17) is 4.98 Å². The van der Waals surface area contributed by atoms with Gasteiger partial charge in [0, 0.05) is 43.9 Å². The van der Waals surface area contributed by atoms with Crippen LogP contribution >= 0.6 is 0 Å². The molecule has 0 spiro atoms. The van der Waals surface area contributed by atoms with Gasteiger partial charge in [-0.3, -0.25) is 5.32 Å². The highest BCUT2D eigenvalue weighted by Crippen LogP contribution is 2.40. The van der Waals surface area contributed by atoms with Gasteiger partial charge in [0.2, 0.25) is 0 Å². The van der Waals surface area contributed by atoms with Crippen LogP contribution in [0.25, 0.3) is 77.2 Å². The molecule has 4 heteroatoms. The molecule has 2 N–H and O–H groups in total. The van der Waals surface area contributed by atoms with Gasteiger partial charge >= 0.3 is 0 Å². The Kier molecular flexibility index (Phi) is 8.01. The van der Waals surface area contributed by atoms with E-state index in [9.17, 15) is 0 Å². The summed E-state index contributed by atoms with van der Waals surface area (Å²) < 4.78 is 2.39. The molecule has 1 aliphatic heterocycles. The normalized spacial score (nSPS) is 15.5. The number of hydrogen-bond donors (Lipinski definition) is 2. The van der Waals surface area contributed by atoms with Crippen molar-refractivity contribution in [3.8, 4) is 28.1 Å². The third-order valence-electron chi connectivity index (χ3n) is 11.4. The van der Waals surface area contributed by atoms with E-state index in [2.05, 4.69) is 221 Å². The van der Waals surface area contributed by atoms with E-state index < -0.39 is 0 Å². The van der Waals surface area contributed by atoms with Crippen LogP contribution in [0.3, 0.4) is 0 Å². The lowest BCUT2D eigenvalue weighted by molar-refractivity contribution is 0.443. The summed E-state index contributed by atoms with van der Waals surface area (Å²) in [6, 6.07) is 71.6. The van der Waals surface area contributed by atoms with E-state index >= 15 is 0 Å². The van der Waals surface area contributed by atoms with Gasteiger partial charge in [0.1, 0.15) is 6.17 Å². The summed E-state index contributed by atoms with van der Waals surface area (Å²) in [7, 11) is 0. The first-order chi connectivity index (χ1) is 28.3. The Morgan fingerprint density at radius 2 is 1.07 bits per heavy atom. The maximum atomic E-state index is 5.35. The van der Waals surface area contributed by atoms with E-state index in [1.165, 1.54) is 49.4 Å². The molecule has 0 bridgehead atoms. The van der Waals surface area contributed by atoms with Crippen LogP contribution in [0.1, 0.15) is 28.9 Å². The van der Waals surface area contributed by atoms with E-state index in [1.807, 2.05) is 0 Å². The molecule has 0 aliphatic carbocycles. The standard InChI is InChI=1S/C53H38N4/c1-4-16-35(17-5-1)41-26-15-27-44-51(41)45-33-39(30-31-46(45)54-52(44)36-18-6-2-7-19-36)48-34-47(55-53(56-48)37-20-8-3-9-21-37)38-22-14-23-40(32-38)57-49-28-12-10-24-42(49)43-25-11-13-29-50(43)57/h1-34,48,53,55-56H. The molecule has 3 heterocycles. The predicted molar refractivity (Wildman–Crippen MR) is 237 cm³/mol. The van der Waals surface area contributed by atoms with Crippen LogP contribution in [-0.4, -0.2) is 9.55 Å². The Morgan fingerprint density at radius 1 is 0.456 bits per heavy atom. The quantitative estimate of drug-likeness (QED) is 0.167. The maximum Gasteiger partial charge on any atom is 0.104 e. The van der Waals surface area contributed by atoms with Gasteiger partial charge in [-0.2, -0.15) is 0 Å². The SMILES string of the molecule is C1=C(c2cccc(-n3c4ccccc4c4ccccc43)c2)NC(c2ccccc2)NC1c1ccc2nc(-c3ccccc3)c3cccc(-c4ccccc4)c3c2c1. The van der Waals surface area contributed by atoms with Crippen LogP contribution in [0.4, 0.5) is 0 Å². The molecule has 57 heavy (non-hydrogen) atoms. The van der Waals surface area contributed by atoms with Gasteiger partial charge in [-0.1, -0.05) is 164 Å². The van der Waals surface area contributed by atoms with Gasteiger partial charge in [0.15, 0.2) is 0 Å². The van der Waals surface area contributed by atoms with Gasteiger partial charge in [0.05, 0.1) is 28.3 Å². The lowest BCUT2D eigenvalue weighted by Gasteiger charge is -2.33. The Bertz CT molecular complexity index is 3080. The first kappa shape index (κ1) is 33.1. The zero-order valence-electron chi connectivity index (χ0n) is 31.2. The van der Waals surface area contributed by atoms with Crippen LogP contribution < -0.4 is 10.6 Å². The van der Waals surface area contributed by atoms with E-state index in [1.54, 1.807) is 0 Å². The summed E-state index contributed by atoms with van der Waals surface area (Å²) in [5.74, 6) is 0. The lowest BCUT2D eigenvalue weighted by Crippen LogP contribution is -2.39. The molecule has 0 amide bonds. The first-order valence-corrected chi connectivity index (χ1v) is 19.6. The van der Waals surface area contributed by atoms with Gasteiger partial charge in [-0.15, -0.1) is 0 Å². The van der Waals surface area contributed by atoms with Crippen LogP contribution in [0, 0.1) is 0 Å². The summed E-state index contributed by atoms with van der Waals surface area (Å²) in [6.45, 7) is 0. The van der Waals surface area contributed by atoms with Crippen LogP contribution in [0.5, 0.6) is 0 Å². The number of para-hydroxylation sites is 2. The number of hydrogen-bond acceptors (Lipinski definition) is 3. The van der Waals surface area contributed by atoms with Crippen molar-refractivity contribution in [1.29, 1.82) is 0 Å². The number of pyridine rings is 1. The number of rotatable bonds is 6. The number of aromatic nitrogens is 2. The molecule has 0 fully saturated rings. The lowest BCUT2D eigenvalue weighted by atomic mass is 9.91. The zero-order chi connectivity index (χ0) is 37.7. The predicted octanol–water partition coefficient (Wildman–Crippen LogP) is 12.8. The fourth-order valence-corrected chi connectivity index (χ4v) is 8.79. The average molecular weight is 731 g/mol. The van der Waals surface area contributed by atoms with Gasteiger partial charge in [0.25, 0.3) is 0 Å². The molecule has 270 valence electrons. The van der Waals surface area contributed by atoms with Crippen LogP contribution in [0.2, 0.25) is 0 Å². The van der Waals surface area contributed by atoms with Crippen molar-refractivity contribution in [2.75, 3.05) is 0 Å². The summed E-state index contributed by atoms with van der Waals surface area (Å²) in [6.07, 6.45) is 2.23. The topological polar surface area (TPSA) is 41.9 Å². The molecule has 11 rings (SSSR count). The number of benzene rings is 8. The molecule has 2 aromatic heterocycles. The van der Waals surface area contributed by atoms with E-state index in [-0.39, 0.29) is 12.2 Å². The molecule has 0 saturated heterocycles. The number of nitrogens with one attached hydrogen (secondary N) is 2. The minimum atomic E-state index is -0.112. The molecule has 2 atom stereocenters. The Hall–Kier alpha value is -7.27. The zero-order valence-corrected chi connectivity index (χ0v) is 31.2. The Labute approximate surface area is 331 Å². The van der Waals surface area contributed by atoms with Gasteiger partial charge in [-0.25, -0.2) is 4.98 Å². The van der Waals surface area contributed by atoms with Gasteiger partial charge in [-0.05, 0) is 70.3 Å². The second-order valence-electron chi connectivity index (χ2n) is 14.8. The fourth-order valence-electron chi connectivity index (χ4n) is 8.79. The molecular weight excluding hydrogens is 693 g/mol. The monoisotopic (exact) mass is 730 g/mol. The number of fused-ring (bicyclic) bond motifs is 6. The molecule has 2 unspecified atom stereocenters. The summed E-state index contributed by atoms with van der Waals surface area (Å²) in [5, 5.41) is 13.9. The Morgan fingerprint density at radius 3 is 1.81 bits per heavy atom. The van der Waals surface area contributed by atoms with Crippen LogP contribution in [0.15, 0.2) is 206 Å². The van der Waals surface area contributed by atoms with Crippen molar-refractivity contribution in [1.82, 2.24) is 20.2 Å². The summed E-state index contributed by atoms with van der Waals surface area (Å²) in [5.41, 5.74) is 13.6. The van der Waals surface area contributed by atoms with E-state index in [0.717, 1.165) is 44.5 Å². The molecule has 8 aromatic carbocycles. The molecular formula is C53H38N4. The minimum absolute atomic E-state index is 0.0829. The Balaban J connectivity index is 1.09. The second kappa shape index (κ2) is 13.8. The average Bonchev–Trinajstić information content (AvgIpc) is 3.63. The van der Waals surface area contributed by atoms with Crippen molar-refractivity contribution in [3.05, 3.63) is 223 Å². The summed E-state index contributed by atoms with van der Waals surface area (Å²) >= 11 is 0. The molecule has 10 aromatic rings. The van der Waals surface area contributed by atoms with Crippen molar-refractivity contribution < 1.29 is 0 Å². The maximum absolute atomic E-state index is 5.35. The van der Waals surface area contributed by atoms with Crippen molar-refractivity contribution in [2.45, 2.75) is 12.2 Å². The third kappa shape index (κ3) is 5.78. The van der Waals surface area contributed by atoms with Crippen molar-refractivity contribution in [3.63, 3.8) is 0 Å². The third-order valence-corrected chi connectivity index (χ3v) is 11.4. The smallest absolute Gasteiger partial charge is 0.104 e. The van der Waals surface area contributed by atoms with Crippen molar-refractivity contribution in [2.24, 2.45) is 0 Å². The molecule has 0 radical (unpaired) electrons. The first-order valence-electron chi connectivity index (χ1n) is 19.6. The highest BCUT2D eigenvalue weighted by atomic mass is 15.2. The highest BCUT2D eigenvalue weighted by molar-refractivity contribution is 6.17. The minimum Gasteiger partial charge on any atom is -0.366 e. The molecule has 1 aliphatic rings. The molecule has 0 saturated carbocycles. The fraction of sp³-hybridized carbons (Fsp3) is 0.0377. The van der Waals surface area contributed by atoms with Crippen molar-refractivity contribution >= 4 is 49.2 Å². The second-order valence-corrected chi connectivity index (χ2v) is 14.8. The van der Waals surface area contributed by atoms with E-state index in [0.29, 0.717) is 0 Å². The van der Waals surface area contributed by atoms with Gasteiger partial charge < -0.3 is 9.88 Å². The molecule has 4 nitrogen and oxygen atoms in total. The largest absolute Gasteiger partial charge is 0.366 e. The highest BCUT2D eigenvalue weighted by Gasteiger charge is 2.26.